The van der Waals surface area contributed by atoms with E-state index in [4.69, 9.17) is 0 Å². The van der Waals surface area contributed by atoms with E-state index in [0.717, 1.165) is 5.70 Å². The molecule has 3 aliphatic heterocycles. The number of allylic oxidation sites excluding steroid dienone is 1. The summed E-state index contributed by atoms with van der Waals surface area (Å²) in [5.74, 6) is 0.613. The molecule has 0 saturated carbocycles. The number of hydrogen-bond acceptors (Lipinski definition) is 6. The number of phenolic OH excluding ortho intramolecular Hbond substituents is 1. The molecule has 3 amide bonds. The Morgan fingerprint density at radius 2 is 1.93 bits per heavy atom. The van der Waals surface area contributed by atoms with Gasteiger partial charge in [-0.05, 0) is 25.0 Å². The molecule has 8 heteroatoms. The van der Waals surface area contributed by atoms with E-state index in [1.807, 2.05) is 42.8 Å². The first-order valence-electron chi connectivity index (χ1n) is 9.02. The molecule has 1 saturated heterocycles. The molecular formula is C19H23N5O3. The molecule has 1 aromatic carbocycles. The van der Waals surface area contributed by atoms with Crippen LogP contribution >= 0.6 is 0 Å². The fourth-order valence-electron chi connectivity index (χ4n) is 3.84. The smallest absolute Gasteiger partial charge is 0.328 e. The summed E-state index contributed by atoms with van der Waals surface area (Å²) in [6.07, 6.45) is 1.27. The summed E-state index contributed by atoms with van der Waals surface area (Å²) in [5.41, 5.74) is 1.43. The third-order valence-electron chi connectivity index (χ3n) is 5.06. The van der Waals surface area contributed by atoms with Crippen LogP contribution in [0.5, 0.6) is 5.75 Å². The molecule has 0 spiro atoms. The zero-order valence-corrected chi connectivity index (χ0v) is 15.8. The van der Waals surface area contributed by atoms with Crippen molar-refractivity contribution in [2.45, 2.75) is 33.0 Å². The van der Waals surface area contributed by atoms with Crippen LogP contribution in [0.2, 0.25) is 0 Å². The van der Waals surface area contributed by atoms with Crippen molar-refractivity contribution in [1.82, 2.24) is 14.7 Å². The largest absolute Gasteiger partial charge is 0.506 e. The van der Waals surface area contributed by atoms with Gasteiger partial charge < -0.3 is 14.9 Å². The third kappa shape index (κ3) is 2.47. The Morgan fingerprint density at radius 3 is 2.59 bits per heavy atom. The summed E-state index contributed by atoms with van der Waals surface area (Å²) in [7, 11) is 1.67. The van der Waals surface area contributed by atoms with E-state index < -0.39 is 12.2 Å². The topological polar surface area (TPSA) is 79.7 Å². The van der Waals surface area contributed by atoms with Gasteiger partial charge in [0.25, 0.3) is 5.91 Å². The molecule has 27 heavy (non-hydrogen) atoms. The van der Waals surface area contributed by atoms with Crippen molar-refractivity contribution in [2.75, 3.05) is 18.5 Å². The normalized spacial score (nSPS) is 24.5. The number of nitrogens with zero attached hydrogens (tertiary/aromatic N) is 5. The fourth-order valence-corrected chi connectivity index (χ4v) is 3.84. The highest BCUT2D eigenvalue weighted by Crippen LogP contribution is 2.39. The molecule has 3 aliphatic rings. The minimum Gasteiger partial charge on any atom is -0.506 e. The van der Waals surface area contributed by atoms with Crippen molar-refractivity contribution >= 4 is 23.6 Å². The molecule has 3 heterocycles. The van der Waals surface area contributed by atoms with E-state index >= 15 is 0 Å². The number of likely N-dealkylation sites (N-methyl/N-ethyl adjacent to an activating group) is 1. The molecule has 142 valence electrons. The van der Waals surface area contributed by atoms with Gasteiger partial charge in [0.15, 0.2) is 12.2 Å². The number of fused-ring (bicyclic) bond motifs is 3. The number of phenols is 1. The maximum Gasteiger partial charge on any atom is 0.328 e. The lowest BCUT2D eigenvalue weighted by Crippen LogP contribution is -2.64. The highest BCUT2D eigenvalue weighted by molar-refractivity contribution is 6.10. The molecule has 1 fully saturated rings. The molecule has 2 atom stereocenters. The van der Waals surface area contributed by atoms with E-state index in [9.17, 15) is 14.7 Å². The van der Waals surface area contributed by atoms with Crippen LogP contribution in [0.4, 0.5) is 10.5 Å². The summed E-state index contributed by atoms with van der Waals surface area (Å²) >= 11 is 0. The van der Waals surface area contributed by atoms with Gasteiger partial charge in [-0.25, -0.2) is 9.79 Å². The Kier molecular flexibility index (Phi) is 3.87. The number of carbonyl (C=O) groups is 2. The van der Waals surface area contributed by atoms with Gasteiger partial charge in [0.05, 0.1) is 5.69 Å². The molecule has 0 aromatic heterocycles. The molecule has 0 radical (unpaired) electrons. The predicted molar refractivity (Wildman–Crippen MR) is 101 cm³/mol. The lowest BCUT2D eigenvalue weighted by atomic mass is 10.1. The minimum atomic E-state index is -0.591. The molecular weight excluding hydrogens is 346 g/mol. The molecule has 8 nitrogen and oxygen atoms in total. The molecule has 1 N–H and O–H groups in total. The average Bonchev–Trinajstić information content (AvgIpc) is 3.12. The highest BCUT2D eigenvalue weighted by Gasteiger charge is 2.54. The van der Waals surface area contributed by atoms with Gasteiger partial charge >= 0.3 is 6.03 Å². The number of anilines is 1. The predicted octanol–water partition coefficient (Wildman–Crippen LogP) is 1.99. The second kappa shape index (κ2) is 6.00. The molecule has 0 aliphatic carbocycles. The van der Waals surface area contributed by atoms with E-state index in [-0.39, 0.29) is 23.6 Å². The summed E-state index contributed by atoms with van der Waals surface area (Å²) in [6.45, 7) is 6.22. The number of benzene rings is 1. The second-order valence-corrected chi connectivity index (χ2v) is 7.53. The van der Waals surface area contributed by atoms with Crippen molar-refractivity contribution in [1.29, 1.82) is 0 Å². The number of aromatic hydroxyl groups is 1. The Balaban J connectivity index is 1.73. The lowest BCUT2D eigenvalue weighted by Gasteiger charge is -2.40. The number of guanidine groups is 1. The Hall–Kier alpha value is -3.03. The first-order valence-corrected chi connectivity index (χ1v) is 9.02. The van der Waals surface area contributed by atoms with E-state index in [1.165, 1.54) is 9.80 Å². The van der Waals surface area contributed by atoms with E-state index in [1.54, 1.807) is 25.2 Å². The second-order valence-electron chi connectivity index (χ2n) is 7.53. The average molecular weight is 369 g/mol. The number of carbonyl (C=O) groups excluding carboxylic acids is 2. The Labute approximate surface area is 158 Å². The number of rotatable bonds is 3. The number of amides is 3. The molecule has 1 aromatic rings. The van der Waals surface area contributed by atoms with Crippen molar-refractivity contribution in [3.63, 3.8) is 0 Å². The molecule has 0 bridgehead atoms. The zero-order chi connectivity index (χ0) is 19.5. The Bertz CT molecular complexity index is 878. The standard InChI is InChI=1S/C19H23N5O3/c1-11(2)9-23-17(26)15-16(21(4)19(23)27)20-18-22(15)10-12(3)24(18)13-7-5-6-8-14(13)25/h5-8,10-11,15-16,25H,9H2,1-4H3. The van der Waals surface area contributed by atoms with Crippen molar-refractivity contribution in [3.05, 3.63) is 36.2 Å². The van der Waals surface area contributed by atoms with Crippen LogP contribution in [-0.2, 0) is 4.79 Å². The number of imide groups is 1. The number of para-hydroxylation sites is 2. The van der Waals surface area contributed by atoms with Crippen molar-refractivity contribution in [3.8, 4) is 5.75 Å². The Morgan fingerprint density at radius 1 is 1.22 bits per heavy atom. The van der Waals surface area contributed by atoms with Crippen LogP contribution in [0.1, 0.15) is 20.8 Å². The van der Waals surface area contributed by atoms with E-state index in [0.29, 0.717) is 18.2 Å². The maximum absolute atomic E-state index is 13.1. The number of hydrogen-bond donors (Lipinski definition) is 1. The highest BCUT2D eigenvalue weighted by atomic mass is 16.3. The monoisotopic (exact) mass is 369 g/mol. The zero-order valence-electron chi connectivity index (χ0n) is 15.8. The van der Waals surface area contributed by atoms with Gasteiger partial charge in [-0.3, -0.25) is 14.6 Å². The molecule has 2 unspecified atom stereocenters. The van der Waals surface area contributed by atoms with Crippen LogP contribution < -0.4 is 4.90 Å². The minimum absolute atomic E-state index is 0.127. The van der Waals surface area contributed by atoms with Crippen LogP contribution in [0.3, 0.4) is 0 Å². The van der Waals surface area contributed by atoms with Gasteiger partial charge in [0.1, 0.15) is 5.75 Å². The third-order valence-corrected chi connectivity index (χ3v) is 5.06. The van der Waals surface area contributed by atoms with Crippen LogP contribution in [-0.4, -0.2) is 63.5 Å². The summed E-state index contributed by atoms with van der Waals surface area (Å²) in [4.78, 5) is 36.9. The summed E-state index contributed by atoms with van der Waals surface area (Å²) < 4.78 is 0. The van der Waals surface area contributed by atoms with Gasteiger partial charge in [0.2, 0.25) is 5.96 Å². The summed E-state index contributed by atoms with van der Waals surface area (Å²) in [5, 5.41) is 10.3. The van der Waals surface area contributed by atoms with Crippen LogP contribution in [0.15, 0.2) is 41.2 Å². The SMILES string of the molecule is CC1=CN2C(=NC3C2C(=O)N(CC(C)C)C(=O)N3C)N1c1ccccc1O. The number of aliphatic imine (C=N–C) groups is 1. The summed E-state index contributed by atoms with van der Waals surface area (Å²) in [6, 6.07) is 6.07. The van der Waals surface area contributed by atoms with Gasteiger partial charge in [-0.15, -0.1) is 0 Å². The van der Waals surface area contributed by atoms with Gasteiger partial charge in [0, 0.05) is 25.5 Å². The van der Waals surface area contributed by atoms with Crippen molar-refractivity contribution in [2.24, 2.45) is 10.9 Å². The molecule has 4 rings (SSSR count). The first kappa shape index (κ1) is 17.4. The quantitative estimate of drug-likeness (QED) is 0.881. The van der Waals surface area contributed by atoms with Gasteiger partial charge in [-0.1, -0.05) is 26.0 Å². The van der Waals surface area contributed by atoms with Gasteiger partial charge in [-0.2, -0.15) is 0 Å². The van der Waals surface area contributed by atoms with Crippen LogP contribution in [0, 0.1) is 5.92 Å². The number of urea groups is 1. The lowest BCUT2D eigenvalue weighted by molar-refractivity contribution is -0.137. The first-order chi connectivity index (χ1) is 12.8. The van der Waals surface area contributed by atoms with Crippen molar-refractivity contribution < 1.29 is 14.7 Å². The fraction of sp³-hybridized carbons (Fsp3) is 0.421. The maximum atomic E-state index is 13.1. The van der Waals surface area contributed by atoms with Crippen LogP contribution in [0.25, 0.3) is 0 Å². The van der Waals surface area contributed by atoms with E-state index in [2.05, 4.69) is 4.99 Å².